The lowest BCUT2D eigenvalue weighted by atomic mass is 9.96. The number of halogens is 5. The first-order valence-corrected chi connectivity index (χ1v) is 6.14. The molecule has 8 heteroatoms. The highest BCUT2D eigenvalue weighted by molar-refractivity contribution is 6.30. The maximum absolute atomic E-state index is 13.9. The van der Waals surface area contributed by atoms with Crippen molar-refractivity contribution < 1.29 is 17.6 Å². The summed E-state index contributed by atoms with van der Waals surface area (Å²) in [5, 5.41) is 0.184. The highest BCUT2D eigenvalue weighted by Crippen LogP contribution is 2.36. The van der Waals surface area contributed by atoms with Crippen LogP contribution in [-0.4, -0.2) is 4.98 Å². The average molecular weight is 320 g/mol. The SMILES string of the molecule is NNC(c1cc(Cl)ccc1F)c1cnccc1C(F)(F)F. The fraction of sp³-hybridized carbons (Fsp3) is 0.154. The average Bonchev–Trinajstić information content (AvgIpc) is 2.43. The summed E-state index contributed by atoms with van der Waals surface area (Å²) in [6.07, 6.45) is -2.61. The molecule has 21 heavy (non-hydrogen) atoms. The first-order chi connectivity index (χ1) is 9.84. The Morgan fingerprint density at radius 2 is 1.90 bits per heavy atom. The van der Waals surface area contributed by atoms with Gasteiger partial charge in [0, 0.05) is 28.5 Å². The van der Waals surface area contributed by atoms with Gasteiger partial charge in [-0.2, -0.15) is 13.2 Å². The van der Waals surface area contributed by atoms with Crippen LogP contribution in [0.25, 0.3) is 0 Å². The van der Waals surface area contributed by atoms with Crippen LogP contribution in [0.3, 0.4) is 0 Å². The largest absolute Gasteiger partial charge is 0.416 e. The number of benzene rings is 1. The van der Waals surface area contributed by atoms with Gasteiger partial charge in [0.1, 0.15) is 5.82 Å². The number of aromatic nitrogens is 1. The topological polar surface area (TPSA) is 50.9 Å². The zero-order valence-corrected chi connectivity index (χ0v) is 11.2. The first-order valence-electron chi connectivity index (χ1n) is 5.76. The van der Waals surface area contributed by atoms with Crippen LogP contribution >= 0.6 is 11.6 Å². The van der Waals surface area contributed by atoms with E-state index in [1.54, 1.807) is 0 Å². The van der Waals surface area contributed by atoms with Crippen molar-refractivity contribution in [2.75, 3.05) is 0 Å². The molecular formula is C13H10ClF4N3. The summed E-state index contributed by atoms with van der Waals surface area (Å²) < 4.78 is 52.9. The molecule has 3 N–H and O–H groups in total. The lowest BCUT2D eigenvalue weighted by Gasteiger charge is -2.21. The number of hydrogen-bond donors (Lipinski definition) is 2. The third kappa shape index (κ3) is 3.31. The van der Waals surface area contributed by atoms with Gasteiger partial charge in [-0.05, 0) is 24.3 Å². The van der Waals surface area contributed by atoms with Gasteiger partial charge in [-0.25, -0.2) is 9.82 Å². The minimum absolute atomic E-state index is 0.0940. The fourth-order valence-corrected chi connectivity index (χ4v) is 2.16. The van der Waals surface area contributed by atoms with Crippen LogP contribution in [0.15, 0.2) is 36.7 Å². The zero-order chi connectivity index (χ0) is 15.6. The molecule has 1 unspecified atom stereocenters. The number of nitrogens with zero attached hydrogens (tertiary/aromatic N) is 1. The Bertz CT molecular complexity index is 646. The summed E-state index contributed by atoms with van der Waals surface area (Å²) in [4.78, 5) is 3.65. The van der Waals surface area contributed by atoms with Crippen molar-refractivity contribution in [2.24, 2.45) is 5.84 Å². The number of hydrogen-bond acceptors (Lipinski definition) is 3. The molecule has 1 aromatic carbocycles. The predicted octanol–water partition coefficient (Wildman–Crippen LogP) is 3.45. The molecule has 0 spiro atoms. The molecule has 2 aromatic rings. The summed E-state index contributed by atoms with van der Waals surface area (Å²) in [6.45, 7) is 0. The minimum atomic E-state index is -4.61. The van der Waals surface area contributed by atoms with Crippen molar-refractivity contribution >= 4 is 11.6 Å². The van der Waals surface area contributed by atoms with Gasteiger partial charge in [-0.15, -0.1) is 0 Å². The second kappa shape index (κ2) is 5.97. The van der Waals surface area contributed by atoms with Gasteiger partial charge in [0.25, 0.3) is 0 Å². The van der Waals surface area contributed by atoms with Crippen LogP contribution in [-0.2, 0) is 6.18 Å². The minimum Gasteiger partial charge on any atom is -0.271 e. The number of nitrogens with two attached hydrogens (primary N) is 1. The summed E-state index contributed by atoms with van der Waals surface area (Å²) in [6, 6.07) is 3.15. The Hall–Kier alpha value is -1.70. The molecule has 2 rings (SSSR count). The van der Waals surface area contributed by atoms with E-state index in [9.17, 15) is 17.6 Å². The highest BCUT2D eigenvalue weighted by Gasteiger charge is 2.36. The van der Waals surface area contributed by atoms with E-state index in [1.165, 1.54) is 12.1 Å². The summed E-state index contributed by atoms with van der Waals surface area (Å²) >= 11 is 5.76. The molecule has 1 heterocycles. The third-order valence-electron chi connectivity index (χ3n) is 2.90. The Balaban J connectivity index is 2.60. The molecule has 1 aromatic heterocycles. The Morgan fingerprint density at radius 3 is 2.52 bits per heavy atom. The maximum atomic E-state index is 13.9. The van der Waals surface area contributed by atoms with Crippen molar-refractivity contribution in [1.29, 1.82) is 0 Å². The number of alkyl halides is 3. The predicted molar refractivity (Wildman–Crippen MR) is 69.8 cm³/mol. The summed E-state index contributed by atoms with van der Waals surface area (Å²) in [5.41, 5.74) is 0.854. The number of hydrazine groups is 1. The molecule has 0 fully saturated rings. The van der Waals surface area contributed by atoms with E-state index in [2.05, 4.69) is 10.4 Å². The van der Waals surface area contributed by atoms with Crippen LogP contribution in [0.2, 0.25) is 5.02 Å². The molecule has 0 amide bonds. The molecule has 0 aliphatic carbocycles. The van der Waals surface area contributed by atoms with Gasteiger partial charge < -0.3 is 0 Å². The third-order valence-corrected chi connectivity index (χ3v) is 3.14. The van der Waals surface area contributed by atoms with Crippen molar-refractivity contribution in [3.8, 4) is 0 Å². The number of pyridine rings is 1. The molecule has 0 bridgehead atoms. The molecule has 1 atom stereocenters. The van der Waals surface area contributed by atoms with Gasteiger partial charge in [0.05, 0.1) is 11.6 Å². The van der Waals surface area contributed by atoms with E-state index < -0.39 is 23.6 Å². The van der Waals surface area contributed by atoms with Gasteiger partial charge in [0.15, 0.2) is 0 Å². The van der Waals surface area contributed by atoms with Crippen LogP contribution in [0.4, 0.5) is 17.6 Å². The van der Waals surface area contributed by atoms with E-state index >= 15 is 0 Å². The van der Waals surface area contributed by atoms with Crippen LogP contribution in [0.1, 0.15) is 22.7 Å². The van der Waals surface area contributed by atoms with Gasteiger partial charge in [0.2, 0.25) is 0 Å². The van der Waals surface area contributed by atoms with Crippen molar-refractivity contribution in [3.05, 3.63) is 64.2 Å². The first kappa shape index (κ1) is 15.7. The second-order valence-corrected chi connectivity index (χ2v) is 4.66. The molecule has 3 nitrogen and oxygen atoms in total. The van der Waals surface area contributed by atoms with Gasteiger partial charge >= 0.3 is 6.18 Å². The molecule has 112 valence electrons. The summed E-state index contributed by atoms with van der Waals surface area (Å²) in [5.74, 6) is 4.59. The van der Waals surface area contributed by atoms with Crippen molar-refractivity contribution in [1.82, 2.24) is 10.4 Å². The monoisotopic (exact) mass is 319 g/mol. The van der Waals surface area contributed by atoms with Crippen molar-refractivity contribution in [3.63, 3.8) is 0 Å². The lowest BCUT2D eigenvalue weighted by molar-refractivity contribution is -0.138. The van der Waals surface area contributed by atoms with E-state index in [1.807, 2.05) is 0 Å². The van der Waals surface area contributed by atoms with Crippen molar-refractivity contribution in [2.45, 2.75) is 12.2 Å². The molecular weight excluding hydrogens is 310 g/mol. The Kier molecular flexibility index (Phi) is 4.46. The summed E-state index contributed by atoms with van der Waals surface area (Å²) in [7, 11) is 0. The van der Waals surface area contributed by atoms with E-state index in [-0.39, 0.29) is 16.1 Å². The molecule has 0 saturated heterocycles. The Labute approximate surface area is 122 Å². The smallest absolute Gasteiger partial charge is 0.271 e. The molecule has 0 aliphatic heterocycles. The lowest BCUT2D eigenvalue weighted by Crippen LogP contribution is -2.31. The maximum Gasteiger partial charge on any atom is 0.416 e. The highest BCUT2D eigenvalue weighted by atomic mass is 35.5. The van der Waals surface area contributed by atoms with E-state index in [4.69, 9.17) is 17.4 Å². The van der Waals surface area contributed by atoms with E-state index in [0.717, 1.165) is 24.5 Å². The van der Waals surface area contributed by atoms with Gasteiger partial charge in [-0.3, -0.25) is 10.8 Å². The number of nitrogens with one attached hydrogen (secondary N) is 1. The normalized spacial score (nSPS) is 13.2. The fourth-order valence-electron chi connectivity index (χ4n) is 1.98. The van der Waals surface area contributed by atoms with Gasteiger partial charge in [-0.1, -0.05) is 11.6 Å². The molecule has 0 aliphatic rings. The Morgan fingerprint density at radius 1 is 1.19 bits per heavy atom. The van der Waals surface area contributed by atoms with Crippen LogP contribution in [0, 0.1) is 5.82 Å². The molecule has 0 saturated carbocycles. The molecule has 0 radical (unpaired) electrons. The van der Waals surface area contributed by atoms with Crippen LogP contribution in [0.5, 0.6) is 0 Å². The quantitative estimate of drug-likeness (QED) is 0.517. The second-order valence-electron chi connectivity index (χ2n) is 4.23. The zero-order valence-electron chi connectivity index (χ0n) is 10.5. The number of rotatable bonds is 3. The van der Waals surface area contributed by atoms with Crippen LogP contribution < -0.4 is 11.3 Å². The van der Waals surface area contributed by atoms with E-state index in [0.29, 0.717) is 0 Å². The standard InChI is InChI=1S/C13H10ClF4N3/c14-7-1-2-11(15)8(5-7)12(21-19)9-6-20-4-3-10(9)13(16,17)18/h1-6,12,21H,19H2.